The Bertz CT molecular complexity index is 1910. The standard InChI is InChI=1S/C49H71N5O13S/c55-38(20-10-2-1-8-18-35-28-29-37(53(63)64)33-43(35)54(65)66)21-13-5-6-14-26-41(58)32-36(48(61)67-52-45(59)30-31-46(52)60)19-9-7-15-24-39(56)22-11-3-4-12-23-40(57)25-16-17-27-44-47-42(34-68-44)50-49(62)51-47/h28-29,33,36,42,44,47H,1-27,30-32,34H2,(H2,50,51,62)/t36?,42-,44?,47-/m0/s1. The number of nitro groups is 2. The van der Waals surface area contributed by atoms with Crippen LogP contribution in [0.5, 0.6) is 0 Å². The smallest absolute Gasteiger partial charge is 0.332 e. The van der Waals surface area contributed by atoms with E-state index in [9.17, 15) is 58.6 Å². The maximum Gasteiger partial charge on any atom is 0.336 e. The summed E-state index contributed by atoms with van der Waals surface area (Å²) in [6, 6.07) is 4.00. The summed E-state index contributed by atoms with van der Waals surface area (Å²) in [6.07, 6.45) is 17.6. The molecule has 376 valence electrons. The average molecular weight is 970 g/mol. The summed E-state index contributed by atoms with van der Waals surface area (Å²) in [7, 11) is 0. The second kappa shape index (κ2) is 30.4. The van der Waals surface area contributed by atoms with Crippen LogP contribution in [0.4, 0.5) is 16.2 Å². The second-order valence-electron chi connectivity index (χ2n) is 18.6. The fourth-order valence-corrected chi connectivity index (χ4v) is 10.7. The van der Waals surface area contributed by atoms with Gasteiger partial charge in [0.25, 0.3) is 23.2 Å². The van der Waals surface area contributed by atoms with Gasteiger partial charge in [-0.25, -0.2) is 9.59 Å². The van der Waals surface area contributed by atoms with Crippen molar-refractivity contribution >= 4 is 70.1 Å². The number of nitrogens with zero attached hydrogens (tertiary/aromatic N) is 3. The van der Waals surface area contributed by atoms with E-state index in [2.05, 4.69) is 10.6 Å². The number of urea groups is 1. The minimum absolute atomic E-state index is 0.0388. The number of non-ortho nitro benzene ring substituents is 1. The van der Waals surface area contributed by atoms with Crippen LogP contribution in [-0.2, 0) is 44.8 Å². The topological polar surface area (TPSA) is 259 Å². The minimum atomic E-state index is -0.830. The summed E-state index contributed by atoms with van der Waals surface area (Å²) in [5.41, 5.74) is -0.133. The van der Waals surface area contributed by atoms with Crippen LogP contribution in [0, 0.1) is 26.1 Å². The number of fused-ring (bicyclic) bond motifs is 1. The molecule has 0 aliphatic carbocycles. The van der Waals surface area contributed by atoms with E-state index in [4.69, 9.17) is 4.84 Å². The van der Waals surface area contributed by atoms with Crippen LogP contribution in [0.1, 0.15) is 192 Å². The van der Waals surface area contributed by atoms with Gasteiger partial charge < -0.3 is 15.5 Å². The van der Waals surface area contributed by atoms with E-state index in [-0.39, 0.29) is 78.3 Å². The minimum Gasteiger partial charge on any atom is -0.332 e. The lowest BCUT2D eigenvalue weighted by atomic mass is 9.93. The summed E-state index contributed by atoms with van der Waals surface area (Å²) >= 11 is 1.89. The average Bonchev–Trinajstić information content (AvgIpc) is 3.97. The first-order valence-corrected chi connectivity index (χ1v) is 26.0. The number of imide groups is 1. The molecule has 3 aliphatic rings. The molecule has 0 saturated carbocycles. The number of nitro benzene ring substituents is 2. The second-order valence-corrected chi connectivity index (χ2v) is 19.9. The molecule has 3 saturated heterocycles. The molecule has 4 amide bonds. The number of hydrogen-bond donors (Lipinski definition) is 2. The number of benzene rings is 1. The van der Waals surface area contributed by atoms with Gasteiger partial charge in [-0.2, -0.15) is 11.8 Å². The fourth-order valence-electron chi connectivity index (χ4n) is 9.11. The number of carbonyl (C=O) groups is 8. The predicted octanol–water partition coefficient (Wildman–Crippen LogP) is 9.24. The highest BCUT2D eigenvalue weighted by atomic mass is 32.2. The molecule has 0 spiro atoms. The number of nitrogens with one attached hydrogen (secondary N) is 2. The first kappa shape index (κ1) is 55.5. The number of thioether (sulfide) groups is 1. The van der Waals surface area contributed by atoms with E-state index in [0.717, 1.165) is 82.4 Å². The molecule has 19 heteroatoms. The van der Waals surface area contributed by atoms with Gasteiger partial charge in [0.2, 0.25) is 0 Å². The first-order valence-electron chi connectivity index (χ1n) is 25.0. The van der Waals surface area contributed by atoms with E-state index in [0.29, 0.717) is 112 Å². The Morgan fingerprint density at radius 2 is 1.15 bits per heavy atom. The van der Waals surface area contributed by atoms with Crippen LogP contribution in [0.3, 0.4) is 0 Å². The summed E-state index contributed by atoms with van der Waals surface area (Å²) in [5, 5.41) is 29.2. The molecule has 2 unspecified atom stereocenters. The van der Waals surface area contributed by atoms with Gasteiger partial charge in [0.05, 0.1) is 33.9 Å². The first-order chi connectivity index (χ1) is 32.7. The van der Waals surface area contributed by atoms with Crippen molar-refractivity contribution in [1.29, 1.82) is 0 Å². The van der Waals surface area contributed by atoms with Gasteiger partial charge in [0, 0.05) is 86.8 Å². The van der Waals surface area contributed by atoms with Crippen LogP contribution in [-0.4, -0.2) is 84.9 Å². The maximum atomic E-state index is 13.1. The number of ketones is 4. The molecule has 0 aromatic heterocycles. The fraction of sp³-hybridized carbons (Fsp3) is 0.714. The maximum absolute atomic E-state index is 13.1. The number of carbonyl (C=O) groups excluding carboxylic acids is 8. The molecule has 3 heterocycles. The van der Waals surface area contributed by atoms with E-state index in [1.807, 2.05) is 11.8 Å². The Kier molecular flexibility index (Phi) is 24.8. The molecular formula is C49H71N5O13S. The Morgan fingerprint density at radius 1 is 0.647 bits per heavy atom. The summed E-state index contributed by atoms with van der Waals surface area (Å²) in [6.45, 7) is 0. The molecule has 2 N–H and O–H groups in total. The molecule has 0 radical (unpaired) electrons. The van der Waals surface area contributed by atoms with Crippen molar-refractivity contribution in [2.75, 3.05) is 5.75 Å². The van der Waals surface area contributed by atoms with Gasteiger partial charge in [-0.3, -0.25) is 49.0 Å². The quantitative estimate of drug-likeness (QED) is 0.0206. The Balaban J connectivity index is 1.01. The van der Waals surface area contributed by atoms with Crippen LogP contribution < -0.4 is 10.6 Å². The van der Waals surface area contributed by atoms with E-state index in [1.54, 1.807) is 0 Å². The number of rotatable bonds is 38. The van der Waals surface area contributed by atoms with Crippen molar-refractivity contribution in [2.24, 2.45) is 5.92 Å². The van der Waals surface area contributed by atoms with E-state index in [1.165, 1.54) is 12.1 Å². The molecule has 0 bridgehead atoms. The van der Waals surface area contributed by atoms with Crippen LogP contribution in [0.15, 0.2) is 18.2 Å². The molecule has 68 heavy (non-hydrogen) atoms. The number of hydroxylamine groups is 2. The van der Waals surface area contributed by atoms with Crippen molar-refractivity contribution in [3.8, 4) is 0 Å². The van der Waals surface area contributed by atoms with E-state index >= 15 is 0 Å². The normalized spacial score (nSPS) is 18.0. The molecule has 1 aromatic carbocycles. The van der Waals surface area contributed by atoms with Crippen LogP contribution >= 0.6 is 11.8 Å². The zero-order valence-electron chi connectivity index (χ0n) is 39.5. The van der Waals surface area contributed by atoms with Gasteiger partial charge >= 0.3 is 12.0 Å². The summed E-state index contributed by atoms with van der Waals surface area (Å²) in [4.78, 5) is 125. The van der Waals surface area contributed by atoms with Crippen molar-refractivity contribution in [3.63, 3.8) is 0 Å². The van der Waals surface area contributed by atoms with E-state index < -0.39 is 33.5 Å². The highest BCUT2D eigenvalue weighted by Gasteiger charge is 2.42. The monoisotopic (exact) mass is 969 g/mol. The van der Waals surface area contributed by atoms with Crippen LogP contribution in [0.2, 0.25) is 0 Å². The highest BCUT2D eigenvalue weighted by molar-refractivity contribution is 8.00. The molecule has 1 aromatic rings. The number of amides is 4. The molecule has 4 rings (SSSR count). The third-order valence-electron chi connectivity index (χ3n) is 13.1. The largest absolute Gasteiger partial charge is 0.336 e. The lowest BCUT2D eigenvalue weighted by Gasteiger charge is -2.19. The number of unbranched alkanes of at least 4 members (excludes halogenated alkanes) is 12. The zero-order chi connectivity index (χ0) is 49.3. The molecular weight excluding hydrogens is 899 g/mol. The Hall–Kier alpha value is -5.07. The third-order valence-corrected chi connectivity index (χ3v) is 14.6. The highest BCUT2D eigenvalue weighted by Crippen LogP contribution is 2.33. The summed E-state index contributed by atoms with van der Waals surface area (Å²) < 4.78 is 0. The predicted molar refractivity (Wildman–Crippen MR) is 254 cm³/mol. The van der Waals surface area contributed by atoms with Gasteiger partial charge in [-0.05, 0) is 76.7 Å². The van der Waals surface area contributed by atoms with Gasteiger partial charge in [0.15, 0.2) is 0 Å². The zero-order valence-corrected chi connectivity index (χ0v) is 40.3. The SMILES string of the molecule is O=C(CCCCCCC(=O)CC(CCCCCC(=O)CCCCCCC(=O)CCCCC1SC[C@@H]2NC(=O)N[C@H]12)C(=O)ON1C(=O)CCC1=O)CCCCCCc1ccc([N+](=O)[O-])cc1[N+](=O)[O-]. The Morgan fingerprint density at radius 3 is 1.68 bits per heavy atom. The molecule has 3 aliphatic heterocycles. The molecule has 18 nitrogen and oxygen atoms in total. The lowest BCUT2D eigenvalue weighted by molar-refractivity contribution is -0.394. The van der Waals surface area contributed by atoms with Crippen molar-refractivity contribution < 1.29 is 53.0 Å². The lowest BCUT2D eigenvalue weighted by Crippen LogP contribution is -2.36. The van der Waals surface area contributed by atoms with Gasteiger partial charge in [-0.15, -0.1) is 5.06 Å². The van der Waals surface area contributed by atoms with Crippen molar-refractivity contribution in [3.05, 3.63) is 44.0 Å². The van der Waals surface area contributed by atoms with Gasteiger partial charge in [0.1, 0.15) is 23.1 Å². The molecule has 3 fully saturated rings. The number of hydrogen-bond acceptors (Lipinski definition) is 14. The number of aryl methyl sites for hydroxylation is 1. The Labute approximate surface area is 403 Å². The van der Waals surface area contributed by atoms with Crippen molar-refractivity contribution in [1.82, 2.24) is 15.7 Å². The third kappa shape index (κ3) is 20.3. The van der Waals surface area contributed by atoms with Crippen molar-refractivity contribution in [2.45, 2.75) is 210 Å². The van der Waals surface area contributed by atoms with Gasteiger partial charge in [-0.1, -0.05) is 57.8 Å². The van der Waals surface area contributed by atoms with Crippen LogP contribution in [0.25, 0.3) is 0 Å². The summed E-state index contributed by atoms with van der Waals surface area (Å²) in [5.74, 6) is -1.39. The molecule has 4 atom stereocenters. The number of Topliss-reactive ketones (excluding diaryl/α,β-unsaturated/α-hetero) is 4.